The number of para-hydroxylation sites is 3. The molecule has 0 fully saturated rings. The Morgan fingerprint density at radius 3 is 2.45 bits per heavy atom. The van der Waals surface area contributed by atoms with Crippen molar-refractivity contribution in [1.82, 2.24) is 4.90 Å². The lowest BCUT2D eigenvalue weighted by atomic mass is 9.82. The van der Waals surface area contributed by atoms with Gasteiger partial charge in [0.25, 0.3) is 17.5 Å². The van der Waals surface area contributed by atoms with Crippen molar-refractivity contribution >= 4 is 40.5 Å². The van der Waals surface area contributed by atoms with Gasteiger partial charge in [-0.05, 0) is 65.6 Å². The van der Waals surface area contributed by atoms with Crippen LogP contribution in [-0.4, -0.2) is 50.4 Å². The van der Waals surface area contributed by atoms with Gasteiger partial charge in [0.1, 0.15) is 5.75 Å². The highest BCUT2D eigenvalue weighted by atomic mass is 16.6. The lowest BCUT2D eigenvalue weighted by Gasteiger charge is -2.36. The number of amides is 3. The van der Waals surface area contributed by atoms with E-state index < -0.39 is 22.3 Å². The van der Waals surface area contributed by atoms with Crippen LogP contribution in [0.2, 0.25) is 0 Å². The Morgan fingerprint density at radius 2 is 1.66 bits per heavy atom. The fourth-order valence-electron chi connectivity index (χ4n) is 7.92. The van der Waals surface area contributed by atoms with E-state index in [0.717, 1.165) is 11.1 Å². The van der Waals surface area contributed by atoms with E-state index in [1.807, 2.05) is 36.4 Å². The maximum atomic E-state index is 14.4. The zero-order chi connectivity index (χ0) is 39.1. The van der Waals surface area contributed by atoms with E-state index in [-0.39, 0.29) is 48.7 Å². The number of carbonyl (C=O) groups is 3. The molecular formula is C44H38N4O8. The number of aliphatic hydroxyl groups excluding tert-OH is 1. The standard InChI is InChI=1S/C44H38N4O8/c1-28(10-8-19-41(50)45-26-31-13-3-2-12-30(31)23-34(45)27-49)44(53)36-24-33(48(54)55)20-21-37(36)46(43(44)52)25-29-11-9-14-32(22-29)47-38-16-5-7-18-40(38)56-39-17-6-4-15-35(39)42(47)51/h2-18,20-22,24,28,34,49,53H,19,23,25-27H2,1H3/b10-8+/t28-,34+,44+/m1/s1. The monoisotopic (exact) mass is 750 g/mol. The molecule has 3 amide bonds. The second-order valence-electron chi connectivity index (χ2n) is 14.2. The largest absolute Gasteiger partial charge is 0.454 e. The SMILES string of the molecule is C[C@H](/C=C/CC(=O)N1Cc2ccccc2C[C@H]1CO)[C@@]1(O)C(=O)N(Cc2cccc(N3C(=O)c4ccccc4Oc4ccccc43)c2)c2ccc([N+](=O)[O-])cc21. The minimum atomic E-state index is -2.20. The summed E-state index contributed by atoms with van der Waals surface area (Å²) >= 11 is 0. The summed E-state index contributed by atoms with van der Waals surface area (Å²) in [4.78, 5) is 57.8. The molecule has 3 aliphatic heterocycles. The van der Waals surface area contributed by atoms with Crippen molar-refractivity contribution in [2.75, 3.05) is 16.4 Å². The molecule has 0 bridgehead atoms. The summed E-state index contributed by atoms with van der Waals surface area (Å²) in [6.07, 6.45) is 3.66. The first-order chi connectivity index (χ1) is 27.1. The van der Waals surface area contributed by atoms with Crippen LogP contribution in [0.3, 0.4) is 0 Å². The molecule has 5 aromatic carbocycles. The summed E-state index contributed by atoms with van der Waals surface area (Å²) < 4.78 is 6.15. The molecule has 56 heavy (non-hydrogen) atoms. The van der Waals surface area contributed by atoms with E-state index in [0.29, 0.717) is 52.7 Å². The average Bonchev–Trinajstić information content (AvgIpc) is 3.34. The quantitative estimate of drug-likeness (QED) is 0.0934. The number of nitrogens with zero attached hydrogens (tertiary/aromatic N) is 4. The van der Waals surface area contributed by atoms with Crippen molar-refractivity contribution in [2.45, 2.75) is 44.5 Å². The van der Waals surface area contributed by atoms with Crippen LogP contribution >= 0.6 is 0 Å². The molecule has 282 valence electrons. The summed E-state index contributed by atoms with van der Waals surface area (Å²) in [7, 11) is 0. The number of non-ortho nitro benzene ring substituents is 1. The first-order valence-corrected chi connectivity index (χ1v) is 18.3. The number of hydrogen-bond donors (Lipinski definition) is 2. The highest BCUT2D eigenvalue weighted by molar-refractivity contribution is 6.14. The van der Waals surface area contributed by atoms with Crippen LogP contribution in [0.5, 0.6) is 11.5 Å². The number of ether oxygens (including phenoxy) is 1. The van der Waals surface area contributed by atoms with E-state index in [1.54, 1.807) is 89.5 Å². The number of fused-ring (bicyclic) bond motifs is 4. The molecule has 12 heteroatoms. The number of nitro benzene ring substituents is 1. The van der Waals surface area contributed by atoms with Crippen LogP contribution in [0.4, 0.5) is 22.7 Å². The van der Waals surface area contributed by atoms with Crippen molar-refractivity contribution in [2.24, 2.45) is 5.92 Å². The maximum absolute atomic E-state index is 14.4. The van der Waals surface area contributed by atoms with Gasteiger partial charge in [0.2, 0.25) is 5.91 Å². The summed E-state index contributed by atoms with van der Waals surface area (Å²) in [6.45, 7) is 1.78. The van der Waals surface area contributed by atoms with Crippen LogP contribution in [0.1, 0.15) is 46.0 Å². The minimum absolute atomic E-state index is 0.0234. The van der Waals surface area contributed by atoms with Gasteiger partial charge in [-0.2, -0.15) is 0 Å². The molecule has 0 aliphatic carbocycles. The molecule has 0 radical (unpaired) electrons. The molecular weight excluding hydrogens is 713 g/mol. The smallest absolute Gasteiger partial charge is 0.269 e. The molecule has 0 saturated heterocycles. The van der Waals surface area contributed by atoms with Crippen LogP contribution in [0, 0.1) is 16.0 Å². The zero-order valence-corrected chi connectivity index (χ0v) is 30.4. The molecule has 0 saturated carbocycles. The van der Waals surface area contributed by atoms with E-state index in [2.05, 4.69) is 0 Å². The summed E-state index contributed by atoms with van der Waals surface area (Å²) in [5.41, 5.74) is 2.07. The molecule has 3 aliphatic rings. The van der Waals surface area contributed by atoms with Crippen LogP contribution in [0.15, 0.2) is 127 Å². The molecule has 3 atom stereocenters. The fourth-order valence-corrected chi connectivity index (χ4v) is 7.92. The van der Waals surface area contributed by atoms with Gasteiger partial charge < -0.3 is 24.7 Å². The summed E-state index contributed by atoms with van der Waals surface area (Å²) in [5, 5.41) is 34.2. The van der Waals surface area contributed by atoms with E-state index >= 15 is 0 Å². The van der Waals surface area contributed by atoms with Crippen LogP contribution in [0.25, 0.3) is 0 Å². The molecule has 0 spiro atoms. The predicted molar refractivity (Wildman–Crippen MR) is 209 cm³/mol. The third-order valence-corrected chi connectivity index (χ3v) is 10.9. The normalized spacial score (nSPS) is 19.1. The van der Waals surface area contributed by atoms with Gasteiger partial charge in [-0.1, -0.05) is 79.7 Å². The van der Waals surface area contributed by atoms with Crippen molar-refractivity contribution in [3.63, 3.8) is 0 Å². The Bertz CT molecular complexity index is 2430. The van der Waals surface area contributed by atoms with Gasteiger partial charge in [0.15, 0.2) is 11.4 Å². The van der Waals surface area contributed by atoms with Gasteiger partial charge in [-0.15, -0.1) is 0 Å². The van der Waals surface area contributed by atoms with Gasteiger partial charge in [0, 0.05) is 42.3 Å². The zero-order valence-electron chi connectivity index (χ0n) is 30.4. The number of hydrogen-bond acceptors (Lipinski definition) is 8. The molecule has 0 aromatic heterocycles. The molecule has 0 unspecified atom stereocenters. The Morgan fingerprint density at radius 1 is 0.929 bits per heavy atom. The Balaban J connectivity index is 1.07. The molecule has 5 aromatic rings. The van der Waals surface area contributed by atoms with Gasteiger partial charge in [0.05, 0.1) is 41.1 Å². The van der Waals surface area contributed by atoms with E-state index in [1.165, 1.54) is 23.1 Å². The topological polar surface area (TPSA) is 154 Å². The first-order valence-electron chi connectivity index (χ1n) is 18.3. The second kappa shape index (κ2) is 14.5. The highest BCUT2D eigenvalue weighted by Gasteiger charge is 2.53. The number of benzene rings is 5. The maximum Gasteiger partial charge on any atom is 0.269 e. The van der Waals surface area contributed by atoms with Gasteiger partial charge >= 0.3 is 0 Å². The van der Waals surface area contributed by atoms with Gasteiger partial charge in [-0.3, -0.25) is 29.4 Å². The Kier molecular flexibility index (Phi) is 9.44. The fraction of sp³-hybridized carbons (Fsp3) is 0.205. The van der Waals surface area contributed by atoms with Gasteiger partial charge in [-0.25, -0.2) is 0 Å². The molecule has 8 rings (SSSR count). The van der Waals surface area contributed by atoms with E-state index in [9.17, 15) is 34.7 Å². The van der Waals surface area contributed by atoms with Crippen molar-refractivity contribution in [1.29, 1.82) is 0 Å². The van der Waals surface area contributed by atoms with Crippen molar-refractivity contribution < 1.29 is 34.3 Å². The first kappa shape index (κ1) is 36.4. The summed E-state index contributed by atoms with van der Waals surface area (Å²) in [6, 6.07) is 32.7. The molecule has 12 nitrogen and oxygen atoms in total. The van der Waals surface area contributed by atoms with E-state index in [4.69, 9.17) is 4.74 Å². The molecule has 3 heterocycles. The third kappa shape index (κ3) is 6.28. The number of anilines is 3. The number of rotatable bonds is 9. The Labute approximate surface area is 322 Å². The lowest BCUT2D eigenvalue weighted by molar-refractivity contribution is -0.385. The number of nitro groups is 1. The van der Waals surface area contributed by atoms with Crippen molar-refractivity contribution in [3.05, 3.63) is 165 Å². The molecule has 2 N–H and O–H groups in total. The van der Waals surface area contributed by atoms with Crippen molar-refractivity contribution in [3.8, 4) is 11.5 Å². The third-order valence-electron chi connectivity index (χ3n) is 10.9. The second-order valence-corrected chi connectivity index (χ2v) is 14.2. The number of carbonyl (C=O) groups excluding carboxylic acids is 3. The van der Waals surface area contributed by atoms with Crippen LogP contribution in [-0.2, 0) is 34.7 Å². The number of aliphatic hydroxyl groups is 2. The minimum Gasteiger partial charge on any atom is -0.454 e. The summed E-state index contributed by atoms with van der Waals surface area (Å²) in [5.74, 6) is -1.19. The highest BCUT2D eigenvalue weighted by Crippen LogP contribution is 2.48. The van der Waals surface area contributed by atoms with Crippen LogP contribution < -0.4 is 14.5 Å². The predicted octanol–water partition coefficient (Wildman–Crippen LogP) is 6.94. The Hall–Kier alpha value is -6.63. The lowest BCUT2D eigenvalue weighted by Crippen LogP contribution is -2.46. The average molecular weight is 751 g/mol.